The van der Waals surface area contributed by atoms with Gasteiger partial charge in [0.25, 0.3) is 5.91 Å². The molecule has 2 rings (SSSR count). The first-order valence-electron chi connectivity index (χ1n) is 5.90. The lowest BCUT2D eigenvalue weighted by molar-refractivity contribution is 0.100. The zero-order valence-corrected chi connectivity index (χ0v) is 11.6. The molecule has 1 aliphatic heterocycles. The van der Waals surface area contributed by atoms with Crippen LogP contribution in [0.1, 0.15) is 35.4 Å². The number of rotatable bonds is 3. The molecule has 2 N–H and O–H groups in total. The van der Waals surface area contributed by atoms with E-state index in [4.69, 9.17) is 5.73 Å². The Morgan fingerprint density at radius 3 is 2.33 bits per heavy atom. The first kappa shape index (κ1) is 13.5. The van der Waals surface area contributed by atoms with Crippen LogP contribution in [-0.2, 0) is 10.0 Å². The van der Waals surface area contributed by atoms with Gasteiger partial charge in [0.1, 0.15) is 0 Å². The molecule has 1 aromatic rings. The van der Waals surface area contributed by atoms with Crippen molar-refractivity contribution in [2.24, 2.45) is 5.73 Å². The van der Waals surface area contributed by atoms with Gasteiger partial charge in [0, 0.05) is 18.5 Å². The number of amides is 1. The van der Waals surface area contributed by atoms with Crippen molar-refractivity contribution in [2.45, 2.75) is 30.6 Å². The van der Waals surface area contributed by atoms with E-state index in [0.717, 1.165) is 37.0 Å². The average molecular weight is 288 g/mol. The molecule has 1 fully saturated rings. The quantitative estimate of drug-likeness (QED) is 0.913. The number of carbonyl (C=O) groups is 1. The van der Waals surface area contributed by atoms with Crippen molar-refractivity contribution in [1.29, 1.82) is 0 Å². The molecular weight excluding hydrogens is 272 g/mol. The summed E-state index contributed by atoms with van der Waals surface area (Å²) in [4.78, 5) is 11.5. The van der Waals surface area contributed by atoms with Crippen molar-refractivity contribution in [3.63, 3.8) is 0 Å². The molecule has 0 radical (unpaired) electrons. The third kappa shape index (κ3) is 2.73. The number of hydrogen-bond acceptors (Lipinski definition) is 4. The molecule has 0 spiro atoms. The van der Waals surface area contributed by atoms with Crippen LogP contribution in [-0.4, -0.2) is 31.7 Å². The van der Waals surface area contributed by atoms with Crippen LogP contribution in [0.2, 0.25) is 0 Å². The van der Waals surface area contributed by atoms with Gasteiger partial charge in [-0.1, -0.05) is 12.8 Å². The van der Waals surface area contributed by atoms with Gasteiger partial charge in [-0.05, 0) is 18.9 Å². The fourth-order valence-electron chi connectivity index (χ4n) is 2.01. The predicted molar refractivity (Wildman–Crippen MR) is 70.1 cm³/mol. The van der Waals surface area contributed by atoms with Gasteiger partial charge in [-0.15, -0.1) is 11.3 Å². The molecule has 100 valence electrons. The summed E-state index contributed by atoms with van der Waals surface area (Å²) in [7, 11) is -3.46. The van der Waals surface area contributed by atoms with E-state index in [2.05, 4.69) is 0 Å². The molecule has 0 unspecified atom stereocenters. The monoisotopic (exact) mass is 288 g/mol. The van der Waals surface area contributed by atoms with Gasteiger partial charge >= 0.3 is 0 Å². The summed E-state index contributed by atoms with van der Waals surface area (Å²) in [6.07, 6.45) is 3.93. The standard InChI is InChI=1S/C11H16N2O3S2/c12-11(14)10-7-9(8-17-10)18(15,16)13-5-3-1-2-4-6-13/h7-8H,1-6H2,(H2,12,14). The van der Waals surface area contributed by atoms with Crippen molar-refractivity contribution in [1.82, 2.24) is 4.31 Å². The fourth-order valence-corrected chi connectivity index (χ4v) is 4.65. The van der Waals surface area contributed by atoms with E-state index in [9.17, 15) is 13.2 Å². The molecule has 0 aliphatic carbocycles. The maximum Gasteiger partial charge on any atom is 0.258 e. The Morgan fingerprint density at radius 2 is 1.83 bits per heavy atom. The second-order valence-electron chi connectivity index (χ2n) is 4.33. The van der Waals surface area contributed by atoms with E-state index < -0.39 is 15.9 Å². The van der Waals surface area contributed by atoms with E-state index >= 15 is 0 Å². The van der Waals surface area contributed by atoms with Gasteiger partial charge in [-0.3, -0.25) is 4.79 Å². The largest absolute Gasteiger partial charge is 0.365 e. The summed E-state index contributed by atoms with van der Waals surface area (Å²) >= 11 is 1.07. The van der Waals surface area contributed by atoms with Crippen LogP contribution in [0.5, 0.6) is 0 Å². The van der Waals surface area contributed by atoms with E-state index in [1.807, 2.05) is 0 Å². The fraction of sp³-hybridized carbons (Fsp3) is 0.545. The van der Waals surface area contributed by atoms with Crippen LogP contribution in [0.15, 0.2) is 16.3 Å². The molecule has 0 atom stereocenters. The van der Waals surface area contributed by atoms with E-state index in [1.165, 1.54) is 15.8 Å². The maximum absolute atomic E-state index is 12.4. The third-order valence-electron chi connectivity index (χ3n) is 3.02. The van der Waals surface area contributed by atoms with Gasteiger partial charge in [0.2, 0.25) is 10.0 Å². The van der Waals surface area contributed by atoms with Crippen LogP contribution < -0.4 is 5.73 Å². The Bertz CT molecular complexity index is 528. The maximum atomic E-state index is 12.4. The lowest BCUT2D eigenvalue weighted by Crippen LogP contribution is -2.31. The molecule has 7 heteroatoms. The van der Waals surface area contributed by atoms with Crippen molar-refractivity contribution in [3.05, 3.63) is 16.3 Å². The molecule has 5 nitrogen and oxygen atoms in total. The number of nitrogens with zero attached hydrogens (tertiary/aromatic N) is 1. The number of nitrogens with two attached hydrogens (primary N) is 1. The Labute approximate surface area is 111 Å². The van der Waals surface area contributed by atoms with Crippen LogP contribution in [0.25, 0.3) is 0 Å². The number of sulfonamides is 1. The second-order valence-corrected chi connectivity index (χ2v) is 7.18. The lowest BCUT2D eigenvalue weighted by Gasteiger charge is -2.18. The summed E-state index contributed by atoms with van der Waals surface area (Å²) < 4.78 is 26.2. The Balaban J connectivity index is 2.25. The molecule has 1 amide bonds. The molecule has 2 heterocycles. The Morgan fingerprint density at radius 1 is 1.22 bits per heavy atom. The van der Waals surface area contributed by atoms with Crippen LogP contribution in [0.3, 0.4) is 0 Å². The molecule has 0 bridgehead atoms. The highest BCUT2D eigenvalue weighted by Gasteiger charge is 2.26. The van der Waals surface area contributed by atoms with Gasteiger partial charge in [-0.25, -0.2) is 8.42 Å². The van der Waals surface area contributed by atoms with Gasteiger partial charge < -0.3 is 5.73 Å². The van der Waals surface area contributed by atoms with Gasteiger partial charge in [0.15, 0.2) is 0 Å². The number of thiophene rings is 1. The number of primary amides is 1. The van der Waals surface area contributed by atoms with Crippen molar-refractivity contribution >= 4 is 27.3 Å². The SMILES string of the molecule is NC(=O)c1cc(S(=O)(=O)N2CCCCCC2)cs1. The third-order valence-corrected chi connectivity index (χ3v) is 5.99. The molecule has 0 saturated carbocycles. The van der Waals surface area contributed by atoms with Crippen molar-refractivity contribution in [3.8, 4) is 0 Å². The molecule has 1 aromatic heterocycles. The Hall–Kier alpha value is -0.920. The van der Waals surface area contributed by atoms with Crippen molar-refractivity contribution < 1.29 is 13.2 Å². The highest BCUT2D eigenvalue weighted by atomic mass is 32.2. The summed E-state index contributed by atoms with van der Waals surface area (Å²) in [5.41, 5.74) is 5.14. The van der Waals surface area contributed by atoms with Crippen LogP contribution in [0.4, 0.5) is 0 Å². The molecule has 0 aromatic carbocycles. The van der Waals surface area contributed by atoms with Crippen molar-refractivity contribution in [2.75, 3.05) is 13.1 Å². The van der Waals surface area contributed by atoms with E-state index in [-0.39, 0.29) is 9.77 Å². The molecule has 1 aliphatic rings. The normalized spacial score (nSPS) is 18.4. The van der Waals surface area contributed by atoms with Crippen LogP contribution in [0, 0.1) is 0 Å². The molecular formula is C11H16N2O3S2. The van der Waals surface area contributed by atoms with Gasteiger partial charge in [-0.2, -0.15) is 4.31 Å². The highest BCUT2D eigenvalue weighted by Crippen LogP contribution is 2.24. The zero-order chi connectivity index (χ0) is 13.2. The summed E-state index contributed by atoms with van der Waals surface area (Å²) in [5, 5.41) is 1.49. The van der Waals surface area contributed by atoms with Crippen LogP contribution >= 0.6 is 11.3 Å². The summed E-state index contributed by atoms with van der Waals surface area (Å²) in [6.45, 7) is 1.12. The number of hydrogen-bond donors (Lipinski definition) is 1. The smallest absolute Gasteiger partial charge is 0.258 e. The topological polar surface area (TPSA) is 80.5 Å². The summed E-state index contributed by atoms with van der Waals surface area (Å²) in [5.74, 6) is -0.586. The number of carbonyl (C=O) groups excluding carboxylic acids is 1. The zero-order valence-electron chi connectivity index (χ0n) is 9.96. The van der Waals surface area contributed by atoms with E-state index in [0.29, 0.717) is 13.1 Å². The molecule has 1 saturated heterocycles. The van der Waals surface area contributed by atoms with E-state index in [1.54, 1.807) is 0 Å². The second kappa shape index (κ2) is 5.38. The minimum Gasteiger partial charge on any atom is -0.365 e. The Kier molecular flexibility index (Phi) is 4.04. The molecule has 18 heavy (non-hydrogen) atoms. The predicted octanol–water partition coefficient (Wildman–Crippen LogP) is 1.41. The first-order chi connectivity index (χ1) is 8.51. The van der Waals surface area contributed by atoms with Gasteiger partial charge in [0.05, 0.1) is 9.77 Å². The first-order valence-corrected chi connectivity index (χ1v) is 8.22. The minimum atomic E-state index is -3.46. The average Bonchev–Trinajstić information content (AvgIpc) is 2.66. The highest BCUT2D eigenvalue weighted by molar-refractivity contribution is 7.89. The summed E-state index contributed by atoms with van der Waals surface area (Å²) in [6, 6.07) is 1.37. The lowest BCUT2D eigenvalue weighted by atomic mass is 10.2. The minimum absolute atomic E-state index is 0.184.